The van der Waals surface area contributed by atoms with E-state index in [0.717, 1.165) is 44.1 Å². The van der Waals surface area contributed by atoms with Gasteiger partial charge in [0.05, 0.1) is 6.61 Å². The Bertz CT molecular complexity index is 813. The fraction of sp³-hybridized carbons (Fsp3) is 0.450. The number of carbonyl (C=O) groups is 1. The van der Waals surface area contributed by atoms with Crippen molar-refractivity contribution in [3.05, 3.63) is 46.6 Å². The molecule has 1 saturated heterocycles. The third-order valence-electron chi connectivity index (χ3n) is 4.70. The van der Waals surface area contributed by atoms with Gasteiger partial charge >= 0.3 is 0 Å². The average molecular weight is 436 g/mol. The van der Waals surface area contributed by atoms with Crippen LogP contribution in [-0.2, 0) is 10.6 Å². The molecule has 9 heteroatoms. The van der Waals surface area contributed by atoms with Crippen LogP contribution in [0.5, 0.6) is 0 Å². The van der Waals surface area contributed by atoms with E-state index in [2.05, 4.69) is 27.2 Å². The van der Waals surface area contributed by atoms with E-state index in [4.69, 9.17) is 21.4 Å². The molecular weight excluding hydrogens is 410 g/mol. The molecule has 2 heterocycles. The number of thioether (sulfide) groups is 1. The number of anilines is 1. The van der Waals surface area contributed by atoms with Crippen molar-refractivity contribution in [3.8, 4) is 0 Å². The molecule has 0 radical (unpaired) electrons. The quantitative estimate of drug-likeness (QED) is 0.295. The van der Waals surface area contributed by atoms with Crippen molar-refractivity contribution in [2.24, 2.45) is 0 Å². The maximum Gasteiger partial charge on any atom is 0.274 e. The van der Waals surface area contributed by atoms with Crippen LogP contribution >= 0.6 is 23.4 Å². The van der Waals surface area contributed by atoms with Crippen LogP contribution in [0, 0.1) is 0 Å². The molecule has 1 N–H and O–H groups in total. The number of hydrogen-bond donors (Lipinski definition) is 1. The summed E-state index contributed by atoms with van der Waals surface area (Å²) in [7, 11) is 0. The molecule has 1 aromatic carbocycles. The summed E-state index contributed by atoms with van der Waals surface area (Å²) >= 11 is 7.78. The molecule has 3 rings (SSSR count). The SMILES string of the molecule is CCONC(=O)c1ccc(CSc2nc(Cl)cc(N3CCN(CC)CC3)n2)cc1. The van der Waals surface area contributed by atoms with Crippen molar-refractivity contribution in [3.63, 3.8) is 0 Å². The van der Waals surface area contributed by atoms with E-state index >= 15 is 0 Å². The van der Waals surface area contributed by atoms with Gasteiger partial charge in [-0.2, -0.15) is 0 Å². The standard InChI is InChI=1S/C20H26ClN5O2S/c1-3-25-9-11-26(12-10-25)18-13-17(21)22-20(23-18)29-14-15-5-7-16(8-6-15)19(27)24-28-4-2/h5-8,13H,3-4,9-12,14H2,1-2H3,(H,24,27). The maximum atomic E-state index is 11.9. The molecule has 0 saturated carbocycles. The third-order valence-corrected chi connectivity index (χ3v) is 5.81. The van der Waals surface area contributed by atoms with Gasteiger partial charge in [-0.3, -0.25) is 9.63 Å². The smallest absolute Gasteiger partial charge is 0.274 e. The number of nitrogens with zero attached hydrogens (tertiary/aromatic N) is 4. The molecule has 0 atom stereocenters. The Labute approximate surface area is 180 Å². The number of likely N-dealkylation sites (N-methyl/N-ethyl adjacent to an activating group) is 1. The van der Waals surface area contributed by atoms with Crippen molar-refractivity contribution in [1.82, 2.24) is 20.3 Å². The van der Waals surface area contributed by atoms with Crippen LogP contribution < -0.4 is 10.4 Å². The van der Waals surface area contributed by atoms with Crippen LogP contribution in [0.2, 0.25) is 5.15 Å². The number of carbonyl (C=O) groups excluding carboxylic acids is 1. The number of halogens is 1. The van der Waals surface area contributed by atoms with Gasteiger partial charge in [0.2, 0.25) is 0 Å². The highest BCUT2D eigenvalue weighted by atomic mass is 35.5. The van der Waals surface area contributed by atoms with Crippen molar-refractivity contribution in [2.75, 3.05) is 44.2 Å². The van der Waals surface area contributed by atoms with E-state index in [-0.39, 0.29) is 5.91 Å². The lowest BCUT2D eigenvalue weighted by atomic mass is 10.1. The monoisotopic (exact) mass is 435 g/mol. The molecule has 1 aliphatic heterocycles. The third kappa shape index (κ3) is 6.30. The first-order valence-corrected chi connectivity index (χ1v) is 11.1. The van der Waals surface area contributed by atoms with E-state index in [1.807, 2.05) is 25.1 Å². The summed E-state index contributed by atoms with van der Waals surface area (Å²) in [5, 5.41) is 1.11. The van der Waals surface area contributed by atoms with E-state index < -0.39 is 0 Å². The molecule has 0 unspecified atom stereocenters. The summed E-state index contributed by atoms with van der Waals surface area (Å²) in [4.78, 5) is 30.5. The second kappa shape index (κ2) is 10.8. The lowest BCUT2D eigenvalue weighted by Crippen LogP contribution is -2.46. The topological polar surface area (TPSA) is 70.6 Å². The highest BCUT2D eigenvalue weighted by Gasteiger charge is 2.18. The maximum absolute atomic E-state index is 11.9. The highest BCUT2D eigenvalue weighted by Crippen LogP contribution is 2.25. The molecule has 7 nitrogen and oxygen atoms in total. The molecule has 0 aliphatic carbocycles. The van der Waals surface area contributed by atoms with Crippen LogP contribution in [0.3, 0.4) is 0 Å². The predicted octanol–water partition coefficient (Wildman–Crippen LogP) is 3.25. The predicted molar refractivity (Wildman–Crippen MR) is 116 cm³/mol. The zero-order valence-corrected chi connectivity index (χ0v) is 18.3. The molecule has 2 aromatic rings. The van der Waals surface area contributed by atoms with E-state index in [1.54, 1.807) is 12.1 Å². The summed E-state index contributed by atoms with van der Waals surface area (Å²) in [5.41, 5.74) is 4.02. The second-order valence-corrected chi connectivity index (χ2v) is 7.93. The minimum atomic E-state index is -0.253. The molecule has 1 aliphatic rings. The van der Waals surface area contributed by atoms with E-state index in [1.165, 1.54) is 11.8 Å². The first-order valence-electron chi connectivity index (χ1n) is 9.74. The van der Waals surface area contributed by atoms with Crippen LogP contribution in [0.1, 0.15) is 29.8 Å². The number of nitrogens with one attached hydrogen (secondary N) is 1. The summed E-state index contributed by atoms with van der Waals surface area (Å²) < 4.78 is 0. The van der Waals surface area contributed by atoms with Gasteiger partial charge in [0, 0.05) is 43.6 Å². The van der Waals surface area contributed by atoms with Crippen molar-refractivity contribution < 1.29 is 9.63 Å². The van der Waals surface area contributed by atoms with Gasteiger partial charge in [0.1, 0.15) is 11.0 Å². The Morgan fingerprint density at radius 3 is 2.55 bits per heavy atom. The van der Waals surface area contributed by atoms with Gasteiger partial charge in [-0.25, -0.2) is 15.4 Å². The summed E-state index contributed by atoms with van der Waals surface area (Å²) in [6.07, 6.45) is 0. The molecule has 156 valence electrons. The Morgan fingerprint density at radius 2 is 1.90 bits per heavy atom. The number of piperazine rings is 1. The molecule has 29 heavy (non-hydrogen) atoms. The lowest BCUT2D eigenvalue weighted by molar-refractivity contribution is 0.0364. The number of rotatable bonds is 8. The number of hydrogen-bond acceptors (Lipinski definition) is 7. The molecule has 0 bridgehead atoms. The number of aromatic nitrogens is 2. The summed E-state index contributed by atoms with van der Waals surface area (Å²) in [5.74, 6) is 1.32. The van der Waals surface area contributed by atoms with Crippen LogP contribution in [0.25, 0.3) is 0 Å². The second-order valence-electron chi connectivity index (χ2n) is 6.60. The Balaban J connectivity index is 1.59. The van der Waals surface area contributed by atoms with E-state index in [9.17, 15) is 4.79 Å². The van der Waals surface area contributed by atoms with Crippen LogP contribution in [0.4, 0.5) is 5.82 Å². The first-order chi connectivity index (χ1) is 14.1. The number of amides is 1. The minimum Gasteiger partial charge on any atom is -0.354 e. The van der Waals surface area contributed by atoms with Crippen molar-refractivity contribution in [1.29, 1.82) is 0 Å². The fourth-order valence-electron chi connectivity index (χ4n) is 3.00. The van der Waals surface area contributed by atoms with Gasteiger partial charge in [-0.15, -0.1) is 0 Å². The van der Waals surface area contributed by atoms with Gasteiger partial charge in [-0.05, 0) is 31.2 Å². The largest absolute Gasteiger partial charge is 0.354 e. The fourth-order valence-corrected chi connectivity index (χ4v) is 4.04. The van der Waals surface area contributed by atoms with Crippen molar-refractivity contribution >= 4 is 35.1 Å². The molecule has 1 aromatic heterocycles. The normalized spacial score (nSPS) is 14.8. The number of benzene rings is 1. The molecular formula is C20H26ClN5O2S. The van der Waals surface area contributed by atoms with Gasteiger partial charge in [0.15, 0.2) is 5.16 Å². The zero-order chi connectivity index (χ0) is 20.6. The molecule has 1 fully saturated rings. The Morgan fingerprint density at radius 1 is 1.17 bits per heavy atom. The Hall–Kier alpha value is -1.87. The van der Waals surface area contributed by atoms with Gasteiger partial charge in [-0.1, -0.05) is 42.4 Å². The highest BCUT2D eigenvalue weighted by molar-refractivity contribution is 7.98. The molecule has 0 spiro atoms. The average Bonchev–Trinajstić information content (AvgIpc) is 2.76. The first kappa shape index (κ1) is 21.8. The Kier molecular flexibility index (Phi) is 8.11. The van der Waals surface area contributed by atoms with Gasteiger partial charge < -0.3 is 9.80 Å². The number of hydroxylamine groups is 1. The lowest BCUT2D eigenvalue weighted by Gasteiger charge is -2.34. The molecule has 1 amide bonds. The zero-order valence-electron chi connectivity index (χ0n) is 16.7. The minimum absolute atomic E-state index is 0.253. The van der Waals surface area contributed by atoms with Crippen LogP contribution in [-0.4, -0.2) is 60.1 Å². The summed E-state index contributed by atoms with van der Waals surface area (Å²) in [6.45, 7) is 9.45. The van der Waals surface area contributed by atoms with Crippen molar-refractivity contribution in [2.45, 2.75) is 24.8 Å². The summed E-state index contributed by atoms with van der Waals surface area (Å²) in [6, 6.07) is 9.23. The van der Waals surface area contributed by atoms with Gasteiger partial charge in [0.25, 0.3) is 5.91 Å². The van der Waals surface area contributed by atoms with Crippen LogP contribution in [0.15, 0.2) is 35.5 Å². The van der Waals surface area contributed by atoms with E-state index in [0.29, 0.717) is 28.2 Å².